The number of hydrogen-bond donors (Lipinski definition) is 1. The summed E-state index contributed by atoms with van der Waals surface area (Å²) in [6.07, 6.45) is 0. The molecule has 0 aliphatic heterocycles. The predicted molar refractivity (Wildman–Crippen MR) is 98.3 cm³/mol. The van der Waals surface area contributed by atoms with Crippen LogP contribution in [0.4, 0.5) is 5.69 Å². The second kappa shape index (κ2) is 6.84. The van der Waals surface area contributed by atoms with Gasteiger partial charge in [-0.25, -0.2) is 0 Å². The van der Waals surface area contributed by atoms with E-state index in [1.165, 1.54) is 19.9 Å². The molecule has 0 radical (unpaired) electrons. The van der Waals surface area contributed by atoms with Crippen molar-refractivity contribution < 1.29 is 18.7 Å². The van der Waals surface area contributed by atoms with E-state index < -0.39 is 5.97 Å². The highest BCUT2D eigenvalue weighted by molar-refractivity contribution is 5.89. The van der Waals surface area contributed by atoms with Gasteiger partial charge in [-0.05, 0) is 36.8 Å². The molecule has 0 atom stereocenters. The van der Waals surface area contributed by atoms with Crippen LogP contribution in [-0.4, -0.2) is 11.9 Å². The van der Waals surface area contributed by atoms with Crippen molar-refractivity contribution in [2.45, 2.75) is 20.8 Å². The van der Waals surface area contributed by atoms with Gasteiger partial charge in [0, 0.05) is 25.6 Å². The SMILES string of the molecule is CC(=O)Nc1ccc(-c2c(C)oc3cc(OC(C)=O)ccc3c2=O)cc1. The van der Waals surface area contributed by atoms with Crippen LogP contribution >= 0.6 is 0 Å². The fraction of sp³-hybridized carbons (Fsp3) is 0.150. The molecule has 132 valence electrons. The van der Waals surface area contributed by atoms with E-state index in [0.717, 1.165) is 0 Å². The maximum Gasteiger partial charge on any atom is 0.308 e. The normalized spacial score (nSPS) is 10.6. The highest BCUT2D eigenvalue weighted by Crippen LogP contribution is 2.27. The first-order valence-corrected chi connectivity index (χ1v) is 7.99. The number of aryl methyl sites for hydroxylation is 1. The Balaban J connectivity index is 2.08. The Kier molecular flexibility index (Phi) is 4.58. The van der Waals surface area contributed by atoms with Gasteiger partial charge < -0.3 is 14.5 Å². The van der Waals surface area contributed by atoms with Gasteiger partial charge in [0.05, 0.1) is 10.9 Å². The lowest BCUT2D eigenvalue weighted by Gasteiger charge is -2.09. The Morgan fingerprint density at radius 1 is 1.04 bits per heavy atom. The molecule has 1 heterocycles. The third-order valence-corrected chi connectivity index (χ3v) is 3.80. The lowest BCUT2D eigenvalue weighted by Crippen LogP contribution is -2.09. The highest BCUT2D eigenvalue weighted by Gasteiger charge is 2.14. The number of anilines is 1. The molecule has 0 saturated carbocycles. The second-order valence-electron chi connectivity index (χ2n) is 5.87. The number of esters is 1. The van der Waals surface area contributed by atoms with Gasteiger partial charge in [-0.3, -0.25) is 14.4 Å². The van der Waals surface area contributed by atoms with E-state index in [2.05, 4.69) is 5.32 Å². The van der Waals surface area contributed by atoms with Gasteiger partial charge in [0.2, 0.25) is 11.3 Å². The quantitative estimate of drug-likeness (QED) is 0.575. The standard InChI is InChI=1S/C20H17NO5/c1-11-19(14-4-6-15(7-5-14)21-12(2)22)20(24)17-9-8-16(26-13(3)23)10-18(17)25-11/h4-10H,1-3H3,(H,21,22). The van der Waals surface area contributed by atoms with Crippen LogP contribution in [0.1, 0.15) is 19.6 Å². The summed E-state index contributed by atoms with van der Waals surface area (Å²) in [5.74, 6) is 0.164. The van der Waals surface area contributed by atoms with Crippen LogP contribution in [0.3, 0.4) is 0 Å². The molecule has 1 N–H and O–H groups in total. The fourth-order valence-electron chi connectivity index (χ4n) is 2.77. The van der Waals surface area contributed by atoms with E-state index in [1.54, 1.807) is 43.3 Å². The first kappa shape index (κ1) is 17.4. The molecule has 1 amide bonds. The molecule has 0 aliphatic carbocycles. The van der Waals surface area contributed by atoms with Crippen molar-refractivity contribution in [1.82, 2.24) is 0 Å². The molecular formula is C20H17NO5. The summed E-state index contributed by atoms with van der Waals surface area (Å²) < 4.78 is 10.8. The van der Waals surface area contributed by atoms with E-state index in [4.69, 9.17) is 9.15 Å². The summed E-state index contributed by atoms with van der Waals surface area (Å²) >= 11 is 0. The monoisotopic (exact) mass is 351 g/mol. The zero-order chi connectivity index (χ0) is 18.8. The molecule has 1 aromatic heterocycles. The maximum absolute atomic E-state index is 12.9. The van der Waals surface area contributed by atoms with Gasteiger partial charge >= 0.3 is 5.97 Å². The predicted octanol–water partition coefficient (Wildman–Crippen LogP) is 3.65. The molecule has 0 saturated heterocycles. The van der Waals surface area contributed by atoms with E-state index >= 15 is 0 Å². The third kappa shape index (κ3) is 3.49. The van der Waals surface area contributed by atoms with Crippen molar-refractivity contribution in [3.63, 3.8) is 0 Å². The lowest BCUT2D eigenvalue weighted by atomic mass is 10.0. The summed E-state index contributed by atoms with van der Waals surface area (Å²) in [4.78, 5) is 35.1. The molecular weight excluding hydrogens is 334 g/mol. The zero-order valence-electron chi connectivity index (χ0n) is 14.6. The van der Waals surface area contributed by atoms with Crippen molar-refractivity contribution in [1.29, 1.82) is 0 Å². The first-order valence-electron chi connectivity index (χ1n) is 7.99. The Morgan fingerprint density at radius 2 is 1.73 bits per heavy atom. The lowest BCUT2D eigenvalue weighted by molar-refractivity contribution is -0.131. The topological polar surface area (TPSA) is 85.6 Å². The van der Waals surface area contributed by atoms with Crippen LogP contribution in [0.25, 0.3) is 22.1 Å². The number of nitrogens with one attached hydrogen (secondary N) is 1. The molecule has 2 aromatic carbocycles. The highest BCUT2D eigenvalue weighted by atomic mass is 16.5. The Morgan fingerprint density at radius 3 is 2.35 bits per heavy atom. The minimum Gasteiger partial charge on any atom is -0.460 e. The van der Waals surface area contributed by atoms with Crippen molar-refractivity contribution in [2.75, 3.05) is 5.32 Å². The van der Waals surface area contributed by atoms with E-state index in [0.29, 0.717) is 39.3 Å². The van der Waals surface area contributed by atoms with Crippen LogP contribution in [-0.2, 0) is 9.59 Å². The third-order valence-electron chi connectivity index (χ3n) is 3.80. The molecule has 0 aliphatic rings. The smallest absolute Gasteiger partial charge is 0.308 e. The van der Waals surface area contributed by atoms with E-state index in [1.807, 2.05) is 0 Å². The first-order chi connectivity index (χ1) is 12.3. The van der Waals surface area contributed by atoms with Gasteiger partial charge in [-0.15, -0.1) is 0 Å². The maximum atomic E-state index is 12.9. The van der Waals surface area contributed by atoms with Crippen LogP contribution in [0.15, 0.2) is 51.7 Å². The van der Waals surface area contributed by atoms with Crippen molar-refractivity contribution in [3.05, 3.63) is 58.4 Å². The minimum atomic E-state index is -0.445. The van der Waals surface area contributed by atoms with Gasteiger partial charge in [0.1, 0.15) is 17.1 Å². The number of ether oxygens (including phenoxy) is 1. The minimum absolute atomic E-state index is 0.164. The summed E-state index contributed by atoms with van der Waals surface area (Å²) in [7, 11) is 0. The average molecular weight is 351 g/mol. The summed E-state index contributed by atoms with van der Waals surface area (Å²) in [5, 5.41) is 3.08. The van der Waals surface area contributed by atoms with Gasteiger partial charge in [-0.2, -0.15) is 0 Å². The molecule has 6 nitrogen and oxygen atoms in total. The summed E-state index contributed by atoms with van der Waals surface area (Å²) in [6, 6.07) is 11.6. The number of carbonyl (C=O) groups is 2. The molecule has 0 fully saturated rings. The van der Waals surface area contributed by atoms with Gasteiger partial charge in [0.25, 0.3) is 0 Å². The Hall–Kier alpha value is -3.41. The molecule has 0 spiro atoms. The van der Waals surface area contributed by atoms with Crippen molar-refractivity contribution in [2.24, 2.45) is 0 Å². The van der Waals surface area contributed by atoms with Crippen LogP contribution in [0.2, 0.25) is 0 Å². The molecule has 0 bridgehead atoms. The number of benzene rings is 2. The molecule has 3 aromatic rings. The van der Waals surface area contributed by atoms with E-state index in [9.17, 15) is 14.4 Å². The zero-order valence-corrected chi connectivity index (χ0v) is 14.6. The second-order valence-corrected chi connectivity index (χ2v) is 5.87. The molecule has 3 rings (SSSR count). The number of amides is 1. The number of rotatable bonds is 3. The molecule has 0 unspecified atom stereocenters. The largest absolute Gasteiger partial charge is 0.460 e. The summed E-state index contributed by atoms with van der Waals surface area (Å²) in [6.45, 7) is 4.44. The summed E-state index contributed by atoms with van der Waals surface area (Å²) in [5.41, 5.74) is 1.97. The average Bonchev–Trinajstić information content (AvgIpc) is 2.55. The van der Waals surface area contributed by atoms with E-state index in [-0.39, 0.29) is 11.3 Å². The van der Waals surface area contributed by atoms with Crippen LogP contribution in [0, 0.1) is 6.92 Å². The number of carbonyl (C=O) groups excluding carboxylic acids is 2. The van der Waals surface area contributed by atoms with Gasteiger partial charge in [0.15, 0.2) is 0 Å². The Bertz CT molecular complexity index is 1060. The molecule has 26 heavy (non-hydrogen) atoms. The fourth-order valence-corrected chi connectivity index (χ4v) is 2.77. The number of fused-ring (bicyclic) bond motifs is 1. The van der Waals surface area contributed by atoms with Crippen molar-refractivity contribution in [3.8, 4) is 16.9 Å². The Labute approximate surface area is 149 Å². The van der Waals surface area contributed by atoms with Crippen LogP contribution in [0.5, 0.6) is 5.75 Å². The number of hydrogen-bond acceptors (Lipinski definition) is 5. The molecule has 6 heteroatoms. The van der Waals surface area contributed by atoms with Gasteiger partial charge in [-0.1, -0.05) is 12.1 Å². The van der Waals surface area contributed by atoms with Crippen LogP contribution < -0.4 is 15.5 Å². The van der Waals surface area contributed by atoms with Crippen molar-refractivity contribution >= 4 is 28.5 Å².